The number of ether oxygens (including phenoxy) is 1. The molecule has 0 atom stereocenters. The van der Waals surface area contributed by atoms with E-state index in [9.17, 15) is 9.18 Å². The van der Waals surface area contributed by atoms with Gasteiger partial charge in [0.2, 0.25) is 0 Å². The highest BCUT2D eigenvalue weighted by molar-refractivity contribution is 5.96. The highest BCUT2D eigenvalue weighted by Crippen LogP contribution is 2.18. The lowest BCUT2D eigenvalue weighted by Gasteiger charge is -2.13. The number of hydrogen-bond donors (Lipinski definition) is 1. The minimum atomic E-state index is -0.472. The van der Waals surface area contributed by atoms with Gasteiger partial charge in [0.25, 0.3) is 5.91 Å². The molecule has 82 valence electrons. The van der Waals surface area contributed by atoms with Crippen LogP contribution >= 0.6 is 0 Å². The van der Waals surface area contributed by atoms with Crippen molar-refractivity contribution in [2.75, 3.05) is 21.2 Å². The fraction of sp³-hybridized carbons (Fsp3) is 0.300. The maximum absolute atomic E-state index is 12.9. The summed E-state index contributed by atoms with van der Waals surface area (Å²) in [4.78, 5) is 11.6. The van der Waals surface area contributed by atoms with Crippen molar-refractivity contribution in [3.63, 3.8) is 0 Å². The number of hydrogen-bond acceptors (Lipinski definition) is 3. The summed E-state index contributed by atoms with van der Waals surface area (Å²) in [5.74, 6) is -0.535. The number of methoxy groups -OCH3 is 1. The highest BCUT2D eigenvalue weighted by Gasteiger charge is 2.13. The predicted octanol–water partition coefficient (Wildman–Crippen LogP) is 1.04. The predicted molar refractivity (Wildman–Crippen MR) is 54.1 cm³/mol. The van der Waals surface area contributed by atoms with Gasteiger partial charge in [0.05, 0.1) is 12.7 Å². The van der Waals surface area contributed by atoms with E-state index in [4.69, 9.17) is 4.74 Å². The Hall–Kier alpha value is -1.62. The van der Waals surface area contributed by atoms with Crippen molar-refractivity contribution in [1.29, 1.82) is 0 Å². The van der Waals surface area contributed by atoms with E-state index in [1.54, 1.807) is 14.1 Å². The molecule has 1 aromatic rings. The Kier molecular flexibility index (Phi) is 3.62. The lowest BCUT2D eigenvalue weighted by atomic mass is 10.2. The molecule has 0 aliphatic heterocycles. The number of benzene rings is 1. The molecule has 5 heteroatoms. The zero-order valence-corrected chi connectivity index (χ0v) is 8.87. The number of carbonyl (C=O) groups excluding carboxylic acids is 1. The van der Waals surface area contributed by atoms with Crippen LogP contribution in [0.2, 0.25) is 0 Å². The SMILES string of the molecule is COc1ccc(F)cc1C(=O)NN(C)C. The van der Waals surface area contributed by atoms with E-state index in [0.717, 1.165) is 6.07 Å². The lowest BCUT2D eigenvalue weighted by molar-refractivity contribution is 0.0853. The standard InChI is InChI=1S/C10H13FN2O2/c1-13(2)12-10(14)8-6-7(11)4-5-9(8)15-3/h4-6H,1-3H3,(H,12,14). The second-order valence-electron chi connectivity index (χ2n) is 3.18. The molecule has 0 saturated heterocycles. The number of amides is 1. The normalized spacial score (nSPS) is 10.2. The summed E-state index contributed by atoms with van der Waals surface area (Å²) in [7, 11) is 4.77. The van der Waals surface area contributed by atoms with Crippen LogP contribution in [0.3, 0.4) is 0 Å². The van der Waals surface area contributed by atoms with Gasteiger partial charge in [-0.3, -0.25) is 10.2 Å². The first-order chi connectivity index (χ1) is 7.04. The van der Waals surface area contributed by atoms with Crippen LogP contribution in [0.25, 0.3) is 0 Å². The maximum Gasteiger partial charge on any atom is 0.269 e. The summed E-state index contributed by atoms with van der Waals surface area (Å²) in [6.07, 6.45) is 0. The van der Waals surface area contributed by atoms with Crippen LogP contribution < -0.4 is 10.2 Å². The summed E-state index contributed by atoms with van der Waals surface area (Å²) in [6, 6.07) is 3.79. The van der Waals surface area contributed by atoms with E-state index in [2.05, 4.69) is 5.43 Å². The van der Waals surface area contributed by atoms with Crippen LogP contribution in [0.4, 0.5) is 4.39 Å². The molecule has 0 aromatic heterocycles. The zero-order valence-electron chi connectivity index (χ0n) is 8.87. The topological polar surface area (TPSA) is 41.6 Å². The molecule has 1 N–H and O–H groups in total. The first kappa shape index (κ1) is 11.5. The van der Waals surface area contributed by atoms with E-state index in [1.165, 1.54) is 24.3 Å². The Morgan fingerprint density at radius 2 is 2.13 bits per heavy atom. The fourth-order valence-electron chi connectivity index (χ4n) is 1.12. The molecule has 1 amide bonds. The molecule has 4 nitrogen and oxygen atoms in total. The second-order valence-corrected chi connectivity index (χ2v) is 3.18. The Bertz CT molecular complexity index is 366. The molecular weight excluding hydrogens is 199 g/mol. The molecule has 0 heterocycles. The van der Waals surface area contributed by atoms with Gasteiger partial charge in [0.1, 0.15) is 11.6 Å². The molecule has 0 unspecified atom stereocenters. The van der Waals surface area contributed by atoms with Crippen molar-refractivity contribution in [2.24, 2.45) is 0 Å². The molecular formula is C10H13FN2O2. The third-order valence-electron chi connectivity index (χ3n) is 1.73. The van der Waals surface area contributed by atoms with Crippen molar-refractivity contribution in [3.8, 4) is 5.75 Å². The van der Waals surface area contributed by atoms with Gasteiger partial charge in [-0.2, -0.15) is 0 Å². The third-order valence-corrected chi connectivity index (χ3v) is 1.73. The van der Waals surface area contributed by atoms with Crippen LogP contribution in [0.15, 0.2) is 18.2 Å². The van der Waals surface area contributed by atoms with Crippen molar-refractivity contribution in [1.82, 2.24) is 10.4 Å². The summed E-state index contributed by atoms with van der Waals surface area (Å²) in [6.45, 7) is 0. The van der Waals surface area contributed by atoms with Gasteiger partial charge >= 0.3 is 0 Å². The zero-order chi connectivity index (χ0) is 11.4. The van der Waals surface area contributed by atoms with E-state index in [1.807, 2.05) is 0 Å². The van der Waals surface area contributed by atoms with Gasteiger partial charge in [0, 0.05) is 14.1 Å². The lowest BCUT2D eigenvalue weighted by Crippen LogP contribution is -2.36. The molecule has 15 heavy (non-hydrogen) atoms. The Balaban J connectivity index is 3.00. The van der Waals surface area contributed by atoms with Gasteiger partial charge in [-0.05, 0) is 18.2 Å². The van der Waals surface area contributed by atoms with E-state index in [-0.39, 0.29) is 5.56 Å². The second kappa shape index (κ2) is 4.75. The van der Waals surface area contributed by atoms with Crippen LogP contribution in [-0.4, -0.2) is 32.1 Å². The fourth-order valence-corrected chi connectivity index (χ4v) is 1.12. The molecule has 1 aromatic carbocycles. The van der Waals surface area contributed by atoms with E-state index >= 15 is 0 Å². The van der Waals surface area contributed by atoms with Crippen molar-refractivity contribution >= 4 is 5.91 Å². The average Bonchev–Trinajstić information content (AvgIpc) is 2.16. The quantitative estimate of drug-likeness (QED) is 0.761. The third kappa shape index (κ3) is 2.92. The molecule has 0 radical (unpaired) electrons. The molecule has 0 saturated carbocycles. The van der Waals surface area contributed by atoms with Crippen LogP contribution in [0.1, 0.15) is 10.4 Å². The van der Waals surface area contributed by atoms with Gasteiger partial charge < -0.3 is 4.74 Å². The smallest absolute Gasteiger partial charge is 0.269 e. The van der Waals surface area contributed by atoms with Gasteiger partial charge in [-0.1, -0.05) is 0 Å². The average molecular weight is 212 g/mol. The largest absolute Gasteiger partial charge is 0.496 e. The molecule has 0 bridgehead atoms. The first-order valence-corrected chi connectivity index (χ1v) is 4.36. The van der Waals surface area contributed by atoms with Crippen molar-refractivity contribution in [3.05, 3.63) is 29.6 Å². The summed E-state index contributed by atoms with van der Waals surface area (Å²) < 4.78 is 17.9. The van der Waals surface area contributed by atoms with Gasteiger partial charge in [-0.25, -0.2) is 9.40 Å². The number of nitrogens with one attached hydrogen (secondary N) is 1. The number of hydrazine groups is 1. The number of halogens is 1. The first-order valence-electron chi connectivity index (χ1n) is 4.36. The molecule has 0 aliphatic rings. The minimum Gasteiger partial charge on any atom is -0.496 e. The van der Waals surface area contributed by atoms with E-state index in [0.29, 0.717) is 5.75 Å². The minimum absolute atomic E-state index is 0.172. The van der Waals surface area contributed by atoms with Gasteiger partial charge in [-0.15, -0.1) is 0 Å². The summed E-state index contributed by atoms with van der Waals surface area (Å²) in [5, 5.41) is 1.48. The van der Waals surface area contributed by atoms with Crippen molar-refractivity contribution < 1.29 is 13.9 Å². The number of rotatable bonds is 3. The monoisotopic (exact) mass is 212 g/mol. The number of nitrogens with zero attached hydrogens (tertiary/aromatic N) is 1. The highest BCUT2D eigenvalue weighted by atomic mass is 19.1. The summed E-state index contributed by atoms with van der Waals surface area (Å²) >= 11 is 0. The molecule has 0 spiro atoms. The van der Waals surface area contributed by atoms with Crippen LogP contribution in [0.5, 0.6) is 5.75 Å². The van der Waals surface area contributed by atoms with E-state index < -0.39 is 11.7 Å². The van der Waals surface area contributed by atoms with Gasteiger partial charge in [0.15, 0.2) is 0 Å². The number of carbonyl (C=O) groups is 1. The molecule has 0 aliphatic carbocycles. The Labute approximate surface area is 87.6 Å². The Morgan fingerprint density at radius 1 is 1.47 bits per heavy atom. The molecule has 1 rings (SSSR count). The summed E-state index contributed by atoms with van der Waals surface area (Å²) in [5.41, 5.74) is 2.68. The van der Waals surface area contributed by atoms with Crippen LogP contribution in [-0.2, 0) is 0 Å². The Morgan fingerprint density at radius 3 is 2.67 bits per heavy atom. The maximum atomic E-state index is 12.9. The van der Waals surface area contributed by atoms with Crippen molar-refractivity contribution in [2.45, 2.75) is 0 Å². The molecule has 0 fully saturated rings. The van der Waals surface area contributed by atoms with Crippen LogP contribution in [0, 0.1) is 5.82 Å².